The molecule has 3 atom stereocenters. The van der Waals surface area contributed by atoms with Gasteiger partial charge in [-0.2, -0.15) is 13.2 Å². The molecule has 0 aliphatic carbocycles. The molecule has 2 aliphatic heterocycles. The van der Waals surface area contributed by atoms with Crippen molar-refractivity contribution in [3.63, 3.8) is 0 Å². The van der Waals surface area contributed by atoms with Crippen LogP contribution >= 0.6 is 0 Å². The van der Waals surface area contributed by atoms with Crippen molar-refractivity contribution in [1.82, 2.24) is 35.5 Å². The molecule has 0 saturated carbocycles. The third kappa shape index (κ3) is 3.80. The zero-order valence-corrected chi connectivity index (χ0v) is 17.8. The van der Waals surface area contributed by atoms with Gasteiger partial charge >= 0.3 is 6.18 Å². The van der Waals surface area contributed by atoms with Crippen LogP contribution in [0.2, 0.25) is 0 Å². The van der Waals surface area contributed by atoms with Crippen molar-refractivity contribution in [1.29, 1.82) is 0 Å². The molecular weight excluding hydrogens is 421 g/mol. The Morgan fingerprint density at radius 3 is 2.59 bits per heavy atom. The van der Waals surface area contributed by atoms with Crippen molar-refractivity contribution in [2.45, 2.75) is 38.1 Å². The Morgan fingerprint density at radius 2 is 1.84 bits per heavy atom. The molecule has 32 heavy (non-hydrogen) atoms. The summed E-state index contributed by atoms with van der Waals surface area (Å²) < 4.78 is 41.1. The average Bonchev–Trinajstić information content (AvgIpc) is 3.44. The number of anilines is 1. The monoisotopic (exact) mass is 446 g/mol. The molecule has 0 radical (unpaired) electrons. The van der Waals surface area contributed by atoms with E-state index in [1.807, 2.05) is 0 Å². The zero-order chi connectivity index (χ0) is 22.5. The van der Waals surface area contributed by atoms with E-state index in [1.165, 1.54) is 10.5 Å². The first-order valence-electron chi connectivity index (χ1n) is 10.7. The lowest BCUT2D eigenvalue weighted by Crippen LogP contribution is -2.64. The van der Waals surface area contributed by atoms with Crippen LogP contribution in [-0.4, -0.2) is 57.1 Å². The number of rotatable bonds is 3. The molecule has 1 unspecified atom stereocenters. The lowest BCUT2D eigenvalue weighted by atomic mass is 9.90. The predicted octanol–water partition coefficient (Wildman–Crippen LogP) is 2.09. The molecule has 8 nitrogen and oxygen atoms in total. The summed E-state index contributed by atoms with van der Waals surface area (Å²) in [5.74, 6) is 0.993. The van der Waals surface area contributed by atoms with Gasteiger partial charge in [0.1, 0.15) is 5.65 Å². The van der Waals surface area contributed by atoms with E-state index in [0.29, 0.717) is 28.9 Å². The number of nitrogens with one attached hydrogen (secondary N) is 3. The summed E-state index contributed by atoms with van der Waals surface area (Å²) in [6, 6.07) is 4.74. The van der Waals surface area contributed by atoms with Gasteiger partial charge in [-0.3, -0.25) is 15.3 Å². The van der Waals surface area contributed by atoms with Gasteiger partial charge in [0.15, 0.2) is 0 Å². The topological polar surface area (TPSA) is 82.4 Å². The second-order valence-corrected chi connectivity index (χ2v) is 8.54. The Labute approximate surface area is 183 Å². The quantitative estimate of drug-likeness (QED) is 0.568. The smallest absolute Gasteiger partial charge is 0.335 e. The average molecular weight is 446 g/mol. The van der Waals surface area contributed by atoms with Crippen molar-refractivity contribution in [2.75, 3.05) is 24.5 Å². The number of fused-ring (bicyclic) bond motifs is 1. The Kier molecular flexibility index (Phi) is 5.26. The number of nitrogens with zero attached hydrogens (tertiary/aromatic N) is 5. The second-order valence-electron chi connectivity index (χ2n) is 8.54. The van der Waals surface area contributed by atoms with Crippen LogP contribution in [0, 0.1) is 5.92 Å². The number of imidazole rings is 1. The van der Waals surface area contributed by atoms with Gasteiger partial charge in [0.2, 0.25) is 5.95 Å². The third-order valence-corrected chi connectivity index (χ3v) is 6.32. The lowest BCUT2D eigenvalue weighted by Gasteiger charge is -2.45. The maximum Gasteiger partial charge on any atom is 0.417 e. The summed E-state index contributed by atoms with van der Waals surface area (Å²) in [5, 5.41) is 3.70. The largest absolute Gasteiger partial charge is 0.417 e. The van der Waals surface area contributed by atoms with E-state index in [4.69, 9.17) is 4.98 Å². The van der Waals surface area contributed by atoms with Crippen LogP contribution in [0.5, 0.6) is 0 Å². The molecule has 0 bridgehead atoms. The van der Waals surface area contributed by atoms with Gasteiger partial charge in [-0.05, 0) is 32.0 Å². The lowest BCUT2D eigenvalue weighted by molar-refractivity contribution is -0.137. The van der Waals surface area contributed by atoms with Crippen LogP contribution in [-0.2, 0) is 6.18 Å². The van der Waals surface area contributed by atoms with Crippen molar-refractivity contribution in [2.24, 2.45) is 5.92 Å². The van der Waals surface area contributed by atoms with E-state index in [2.05, 4.69) is 44.9 Å². The molecule has 11 heteroatoms. The summed E-state index contributed by atoms with van der Waals surface area (Å²) in [6.45, 7) is 6.79. The van der Waals surface area contributed by atoms with Crippen molar-refractivity contribution in [3.8, 4) is 11.4 Å². The standard InChI is InChI=1S/C21H25F3N8/c1-12-10-31(13(2)19(29-12)14-7-27-28-8-14)20-25-6-5-16(30-20)17-9-26-18-4-3-15(11-32(17)18)21(22,23)24/h3-6,9,11-14,19,27-29H,7-8,10H2,1-2H3/t12-,13-,19?/m0/s1. The Bertz CT molecular complexity index is 1110. The maximum atomic E-state index is 13.2. The molecule has 3 aromatic heterocycles. The molecule has 2 saturated heterocycles. The predicted molar refractivity (Wildman–Crippen MR) is 114 cm³/mol. The first kappa shape index (κ1) is 21.1. The zero-order valence-electron chi connectivity index (χ0n) is 17.8. The van der Waals surface area contributed by atoms with Gasteiger partial charge in [-0.15, -0.1) is 0 Å². The molecule has 5 heterocycles. The Morgan fingerprint density at radius 1 is 1.06 bits per heavy atom. The van der Waals surface area contributed by atoms with Gasteiger partial charge in [-0.1, -0.05) is 0 Å². The van der Waals surface area contributed by atoms with Crippen molar-refractivity contribution >= 4 is 11.6 Å². The van der Waals surface area contributed by atoms with E-state index in [1.54, 1.807) is 18.5 Å². The van der Waals surface area contributed by atoms with Gasteiger partial charge in [-0.25, -0.2) is 15.0 Å². The van der Waals surface area contributed by atoms with E-state index in [9.17, 15) is 13.2 Å². The van der Waals surface area contributed by atoms with Gasteiger partial charge in [0.05, 0.1) is 23.1 Å². The van der Waals surface area contributed by atoms with Crippen LogP contribution in [0.4, 0.5) is 19.1 Å². The van der Waals surface area contributed by atoms with Crippen LogP contribution in [0.3, 0.4) is 0 Å². The fourth-order valence-electron chi connectivity index (χ4n) is 4.67. The van der Waals surface area contributed by atoms with Crippen LogP contribution in [0.25, 0.3) is 17.0 Å². The Hall–Kier alpha value is -2.76. The highest BCUT2D eigenvalue weighted by molar-refractivity contribution is 5.61. The second kappa shape index (κ2) is 7.98. The maximum absolute atomic E-state index is 13.2. The number of halogens is 3. The van der Waals surface area contributed by atoms with Gasteiger partial charge in [0.25, 0.3) is 0 Å². The molecule has 5 rings (SSSR count). The van der Waals surface area contributed by atoms with Gasteiger partial charge < -0.3 is 10.2 Å². The molecule has 3 aromatic rings. The molecule has 0 amide bonds. The minimum atomic E-state index is -4.43. The third-order valence-electron chi connectivity index (χ3n) is 6.32. The number of hydrogen-bond donors (Lipinski definition) is 3. The number of hydrogen-bond acceptors (Lipinski definition) is 7. The van der Waals surface area contributed by atoms with Crippen LogP contribution in [0.1, 0.15) is 19.4 Å². The molecule has 0 spiro atoms. The summed E-state index contributed by atoms with van der Waals surface area (Å²) in [4.78, 5) is 15.7. The normalized spacial score (nSPS) is 25.0. The number of pyridine rings is 1. The summed E-state index contributed by atoms with van der Waals surface area (Å²) in [7, 11) is 0. The highest BCUT2D eigenvalue weighted by atomic mass is 19.4. The number of piperazine rings is 1. The minimum absolute atomic E-state index is 0.146. The van der Waals surface area contributed by atoms with E-state index >= 15 is 0 Å². The molecule has 0 aromatic carbocycles. The minimum Gasteiger partial charge on any atom is -0.335 e. The molecular formula is C21H25F3N8. The highest BCUT2D eigenvalue weighted by Crippen LogP contribution is 2.31. The number of aromatic nitrogens is 4. The van der Waals surface area contributed by atoms with Gasteiger partial charge in [0, 0.05) is 56.1 Å². The number of alkyl halides is 3. The highest BCUT2D eigenvalue weighted by Gasteiger charge is 2.38. The first-order chi connectivity index (χ1) is 15.3. The fraction of sp³-hybridized carbons (Fsp3) is 0.476. The van der Waals surface area contributed by atoms with E-state index < -0.39 is 11.7 Å². The van der Waals surface area contributed by atoms with Crippen molar-refractivity contribution < 1.29 is 13.2 Å². The first-order valence-corrected chi connectivity index (χ1v) is 10.7. The Balaban J connectivity index is 1.49. The number of hydrazine groups is 1. The van der Waals surface area contributed by atoms with E-state index in [0.717, 1.165) is 31.9 Å². The molecule has 2 fully saturated rings. The fourth-order valence-corrected chi connectivity index (χ4v) is 4.67. The molecule has 170 valence electrons. The van der Waals surface area contributed by atoms with Crippen molar-refractivity contribution in [3.05, 3.63) is 42.4 Å². The van der Waals surface area contributed by atoms with E-state index in [-0.39, 0.29) is 18.1 Å². The van der Waals surface area contributed by atoms with Crippen LogP contribution in [0.15, 0.2) is 36.8 Å². The summed E-state index contributed by atoms with van der Waals surface area (Å²) in [6.07, 6.45) is -0.176. The summed E-state index contributed by atoms with van der Waals surface area (Å²) in [5.41, 5.74) is 7.10. The van der Waals surface area contributed by atoms with Crippen LogP contribution < -0.4 is 21.1 Å². The summed E-state index contributed by atoms with van der Waals surface area (Å²) >= 11 is 0. The molecule has 3 N–H and O–H groups in total. The molecule has 2 aliphatic rings. The SMILES string of the molecule is C[C@H]1CN(c2nccc(-c3cnc4ccc(C(F)(F)F)cn34)n2)[C@@H](C)C(C2CNNC2)N1.